The first-order valence-corrected chi connectivity index (χ1v) is 6.61. The quantitative estimate of drug-likeness (QED) is 0.846. The number of hydrogen-bond acceptors (Lipinski definition) is 2. The minimum absolute atomic E-state index is 0.751. The zero-order chi connectivity index (χ0) is 10.5. The van der Waals surface area contributed by atoms with Crippen molar-refractivity contribution in [1.29, 1.82) is 0 Å². The van der Waals surface area contributed by atoms with E-state index in [2.05, 4.69) is 44.4 Å². The Kier molecular flexibility index (Phi) is 4.42. The second-order valence-corrected chi connectivity index (χ2v) is 5.24. The topological polar surface area (TPSA) is 15.3 Å². The molecule has 0 aromatic carbocycles. The van der Waals surface area contributed by atoms with Gasteiger partial charge in [-0.05, 0) is 25.3 Å². The molecule has 1 aliphatic heterocycles. The molecule has 1 saturated heterocycles. The fraction of sp³-hybridized carbons (Fsp3) is 0.667. The molecule has 1 unspecified atom stereocenters. The van der Waals surface area contributed by atoms with Crippen LogP contribution in [0.4, 0.5) is 0 Å². The number of nitrogens with zero attached hydrogens (tertiary/aromatic N) is 1. The van der Waals surface area contributed by atoms with Crippen molar-refractivity contribution in [2.75, 3.05) is 32.7 Å². The molecule has 15 heavy (non-hydrogen) atoms. The van der Waals surface area contributed by atoms with E-state index in [1.807, 2.05) is 0 Å². The Morgan fingerprint density at radius 3 is 2.87 bits per heavy atom. The van der Waals surface area contributed by atoms with E-state index in [-0.39, 0.29) is 0 Å². The van der Waals surface area contributed by atoms with Crippen molar-refractivity contribution in [1.82, 2.24) is 10.2 Å². The van der Waals surface area contributed by atoms with Gasteiger partial charge >= 0.3 is 0 Å². The van der Waals surface area contributed by atoms with Crippen LogP contribution in [0.3, 0.4) is 0 Å². The molecule has 2 aliphatic rings. The summed E-state index contributed by atoms with van der Waals surface area (Å²) in [5, 5.41) is 3.39. The van der Waals surface area contributed by atoms with Crippen molar-refractivity contribution in [3.05, 3.63) is 22.7 Å². The molecule has 1 heterocycles. The number of rotatable bonds is 3. The molecule has 0 radical (unpaired) electrons. The van der Waals surface area contributed by atoms with Gasteiger partial charge < -0.3 is 10.2 Å². The highest BCUT2D eigenvalue weighted by atomic mass is 79.9. The third-order valence-corrected chi connectivity index (χ3v) is 3.76. The summed E-state index contributed by atoms with van der Waals surface area (Å²) >= 11 is 3.50. The van der Waals surface area contributed by atoms with E-state index in [4.69, 9.17) is 0 Å². The maximum atomic E-state index is 3.50. The largest absolute Gasteiger partial charge is 0.314 e. The summed E-state index contributed by atoms with van der Waals surface area (Å²) in [6.07, 6.45) is 9.30. The van der Waals surface area contributed by atoms with Crippen molar-refractivity contribution in [2.45, 2.75) is 12.8 Å². The van der Waals surface area contributed by atoms with Gasteiger partial charge in [-0.2, -0.15) is 0 Å². The predicted octanol–water partition coefficient (Wildman–Crippen LogP) is 2.14. The molecular formula is C12H19BrN2. The Hall–Kier alpha value is -0.120. The molecule has 2 nitrogen and oxygen atoms in total. The first kappa shape index (κ1) is 11.4. The van der Waals surface area contributed by atoms with Crippen molar-refractivity contribution in [3.63, 3.8) is 0 Å². The molecular weight excluding hydrogens is 252 g/mol. The lowest BCUT2D eigenvalue weighted by molar-refractivity contribution is 0.230. The average Bonchev–Trinajstić information content (AvgIpc) is 2.30. The molecule has 0 bridgehead atoms. The predicted molar refractivity (Wildman–Crippen MR) is 68.2 cm³/mol. The molecule has 1 atom stereocenters. The lowest BCUT2D eigenvalue weighted by Crippen LogP contribution is -2.44. The summed E-state index contributed by atoms with van der Waals surface area (Å²) in [5.74, 6) is 0.751. The maximum Gasteiger partial charge on any atom is 0.0132 e. The lowest BCUT2D eigenvalue weighted by Gasteiger charge is -2.28. The van der Waals surface area contributed by atoms with Gasteiger partial charge in [-0.1, -0.05) is 34.2 Å². The van der Waals surface area contributed by atoms with Gasteiger partial charge in [-0.15, -0.1) is 0 Å². The number of hydrogen-bond donors (Lipinski definition) is 1. The molecule has 0 amide bonds. The summed E-state index contributed by atoms with van der Waals surface area (Å²) in [6.45, 7) is 6.01. The van der Waals surface area contributed by atoms with Crippen LogP contribution in [-0.2, 0) is 0 Å². The summed E-state index contributed by atoms with van der Waals surface area (Å²) in [6, 6.07) is 0. The third kappa shape index (κ3) is 3.74. The van der Waals surface area contributed by atoms with E-state index < -0.39 is 0 Å². The van der Waals surface area contributed by atoms with Crippen molar-refractivity contribution in [2.24, 2.45) is 5.92 Å². The summed E-state index contributed by atoms with van der Waals surface area (Å²) in [7, 11) is 0. The molecule has 1 N–H and O–H groups in total. The van der Waals surface area contributed by atoms with Gasteiger partial charge in [0.05, 0.1) is 0 Å². The van der Waals surface area contributed by atoms with Crippen LogP contribution in [0.15, 0.2) is 22.7 Å². The van der Waals surface area contributed by atoms with Crippen LogP contribution in [0, 0.1) is 5.92 Å². The first-order chi connectivity index (χ1) is 7.34. The van der Waals surface area contributed by atoms with E-state index in [0.29, 0.717) is 0 Å². The summed E-state index contributed by atoms with van der Waals surface area (Å²) in [5.41, 5.74) is 0. The molecule has 0 aromatic rings. The maximum absolute atomic E-state index is 3.50. The van der Waals surface area contributed by atoms with Crippen molar-refractivity contribution < 1.29 is 0 Å². The van der Waals surface area contributed by atoms with E-state index >= 15 is 0 Å². The highest BCUT2D eigenvalue weighted by Crippen LogP contribution is 2.22. The molecule has 0 aromatic heterocycles. The minimum atomic E-state index is 0.751. The van der Waals surface area contributed by atoms with Crippen LogP contribution in [0.1, 0.15) is 12.8 Å². The Morgan fingerprint density at radius 1 is 1.40 bits per heavy atom. The number of allylic oxidation sites excluding steroid dienone is 4. The van der Waals surface area contributed by atoms with Crippen molar-refractivity contribution in [3.8, 4) is 0 Å². The van der Waals surface area contributed by atoms with Gasteiger partial charge in [0, 0.05) is 30.7 Å². The zero-order valence-electron chi connectivity index (χ0n) is 9.08. The molecule has 0 spiro atoms. The fourth-order valence-corrected chi connectivity index (χ4v) is 2.48. The van der Waals surface area contributed by atoms with Crippen LogP contribution in [-0.4, -0.2) is 37.6 Å². The van der Waals surface area contributed by atoms with Gasteiger partial charge in [0.25, 0.3) is 0 Å². The standard InChI is InChI=1S/C12H19BrN2/c13-12-3-1-11(2-4-12)5-8-15-9-6-14-7-10-15/h1,3-4,11,14H,2,5-10H2. The number of piperazine rings is 1. The molecule has 2 rings (SSSR count). The van der Waals surface area contributed by atoms with Gasteiger partial charge in [0.1, 0.15) is 0 Å². The van der Waals surface area contributed by atoms with Gasteiger partial charge in [0.15, 0.2) is 0 Å². The second kappa shape index (κ2) is 5.83. The van der Waals surface area contributed by atoms with E-state index in [0.717, 1.165) is 19.0 Å². The highest BCUT2D eigenvalue weighted by Gasteiger charge is 2.12. The van der Waals surface area contributed by atoms with E-state index in [1.165, 1.54) is 37.0 Å². The first-order valence-electron chi connectivity index (χ1n) is 5.81. The summed E-state index contributed by atoms with van der Waals surface area (Å²) < 4.78 is 1.24. The Morgan fingerprint density at radius 2 is 2.20 bits per heavy atom. The van der Waals surface area contributed by atoms with Crippen LogP contribution in [0.25, 0.3) is 0 Å². The van der Waals surface area contributed by atoms with Crippen LogP contribution >= 0.6 is 15.9 Å². The second-order valence-electron chi connectivity index (χ2n) is 4.32. The molecule has 3 heteroatoms. The Bertz CT molecular complexity index is 254. The van der Waals surface area contributed by atoms with Crippen molar-refractivity contribution >= 4 is 15.9 Å². The van der Waals surface area contributed by atoms with E-state index in [1.54, 1.807) is 0 Å². The zero-order valence-corrected chi connectivity index (χ0v) is 10.7. The van der Waals surface area contributed by atoms with E-state index in [9.17, 15) is 0 Å². The third-order valence-electron chi connectivity index (χ3n) is 3.17. The normalized spacial score (nSPS) is 27.8. The Labute approximate surface area is 101 Å². The molecule has 0 saturated carbocycles. The van der Waals surface area contributed by atoms with Crippen LogP contribution < -0.4 is 5.32 Å². The van der Waals surface area contributed by atoms with Gasteiger partial charge in [0.2, 0.25) is 0 Å². The highest BCUT2D eigenvalue weighted by molar-refractivity contribution is 9.11. The summed E-state index contributed by atoms with van der Waals surface area (Å²) in [4.78, 5) is 2.57. The average molecular weight is 271 g/mol. The number of halogens is 1. The number of nitrogens with one attached hydrogen (secondary N) is 1. The monoisotopic (exact) mass is 270 g/mol. The molecule has 1 fully saturated rings. The van der Waals surface area contributed by atoms with Gasteiger partial charge in [-0.3, -0.25) is 0 Å². The smallest absolute Gasteiger partial charge is 0.0132 e. The fourth-order valence-electron chi connectivity index (χ4n) is 2.14. The lowest BCUT2D eigenvalue weighted by atomic mass is 9.97. The van der Waals surface area contributed by atoms with Crippen LogP contribution in [0.2, 0.25) is 0 Å². The molecule has 84 valence electrons. The van der Waals surface area contributed by atoms with Crippen LogP contribution in [0.5, 0.6) is 0 Å². The SMILES string of the molecule is BrC1=CCC(CCN2CCNCC2)C=C1. The Balaban J connectivity index is 1.67. The van der Waals surface area contributed by atoms with Gasteiger partial charge in [-0.25, -0.2) is 0 Å². The minimum Gasteiger partial charge on any atom is -0.314 e. The molecule has 1 aliphatic carbocycles.